The number of aryl methyl sites for hydroxylation is 1. The summed E-state index contributed by atoms with van der Waals surface area (Å²) in [6.45, 7) is 2.22. The van der Waals surface area contributed by atoms with Crippen LogP contribution in [-0.4, -0.2) is 13.0 Å². The minimum absolute atomic E-state index is 0. The predicted octanol–water partition coefficient (Wildman–Crippen LogP) is 2.10. The minimum atomic E-state index is -4.40. The van der Waals surface area contributed by atoms with Gasteiger partial charge in [-0.15, -0.1) is 0 Å². The molecule has 0 amide bonds. The van der Waals surface area contributed by atoms with Crippen molar-refractivity contribution < 1.29 is 74.2 Å². The Hall–Kier alpha value is -0.414. The van der Waals surface area contributed by atoms with Crippen LogP contribution in [0, 0.1) is 0 Å². The summed E-state index contributed by atoms with van der Waals surface area (Å²) in [5.41, 5.74) is 1.14. The zero-order valence-electron chi connectivity index (χ0n) is 16.7. The first-order chi connectivity index (χ1) is 12.9. The first-order valence-corrected chi connectivity index (χ1v) is 10.9. The van der Waals surface area contributed by atoms with E-state index in [1.807, 2.05) is 18.2 Å². The van der Waals surface area contributed by atoms with E-state index in [4.69, 9.17) is 9.29 Å². The Morgan fingerprint density at radius 1 is 0.964 bits per heavy atom. The van der Waals surface area contributed by atoms with Crippen LogP contribution in [0.5, 0.6) is 17.2 Å². The van der Waals surface area contributed by atoms with Gasteiger partial charge in [0.15, 0.2) is 0 Å². The number of hydrogen-bond acceptors (Lipinski definition) is 4. The van der Waals surface area contributed by atoms with E-state index in [0.717, 1.165) is 30.5 Å². The maximum atomic E-state index is 12.0. The Morgan fingerprint density at radius 2 is 1.64 bits per heavy atom. The Bertz CT molecular complexity index is 836. The van der Waals surface area contributed by atoms with Crippen molar-refractivity contribution in [3.8, 4) is 17.2 Å². The SMILES string of the molecule is CCCCCCCCCc1cccc(Oc2ccc(S(=O)(=O)O)cc2[O-])c1.[K+]. The molecule has 0 fully saturated rings. The third-order valence-electron chi connectivity index (χ3n) is 4.41. The van der Waals surface area contributed by atoms with Crippen molar-refractivity contribution >= 4 is 10.1 Å². The van der Waals surface area contributed by atoms with Gasteiger partial charge in [-0.3, -0.25) is 4.55 Å². The average Bonchev–Trinajstić information content (AvgIpc) is 2.62. The van der Waals surface area contributed by atoms with E-state index in [9.17, 15) is 13.5 Å². The molecule has 0 spiro atoms. The van der Waals surface area contributed by atoms with Crippen molar-refractivity contribution in [3.05, 3.63) is 48.0 Å². The van der Waals surface area contributed by atoms with E-state index in [2.05, 4.69) is 6.92 Å². The minimum Gasteiger partial charge on any atom is -0.870 e. The summed E-state index contributed by atoms with van der Waals surface area (Å²) < 4.78 is 36.7. The van der Waals surface area contributed by atoms with Crippen LogP contribution < -0.4 is 61.2 Å². The maximum absolute atomic E-state index is 12.0. The number of rotatable bonds is 11. The second kappa shape index (κ2) is 13.0. The molecule has 5 nitrogen and oxygen atoms in total. The fraction of sp³-hybridized carbons (Fsp3) is 0.429. The monoisotopic (exact) mass is 430 g/mol. The average molecular weight is 431 g/mol. The molecule has 0 bridgehead atoms. The Balaban J connectivity index is 0.00000392. The molecule has 1 N–H and O–H groups in total. The standard InChI is InChI=1S/C21H28O5S.K/c1-2-3-4-5-6-7-8-10-17-11-9-12-18(15-17)26-21-14-13-19(16-20(21)22)27(23,24)25;/h9,11-16,22H,2-8,10H2,1H3,(H,23,24,25);/q;+1/p-1. The van der Waals surface area contributed by atoms with Crippen LogP contribution in [0.2, 0.25) is 0 Å². The molecule has 0 aromatic heterocycles. The molecule has 148 valence electrons. The molecule has 2 aromatic carbocycles. The van der Waals surface area contributed by atoms with E-state index < -0.39 is 20.8 Å². The summed E-state index contributed by atoms with van der Waals surface area (Å²) in [4.78, 5) is -0.437. The van der Waals surface area contributed by atoms with Crippen LogP contribution in [-0.2, 0) is 16.5 Å². The Kier molecular flexibility index (Phi) is 11.9. The van der Waals surface area contributed by atoms with Gasteiger partial charge in [0.2, 0.25) is 0 Å². The van der Waals surface area contributed by atoms with E-state index >= 15 is 0 Å². The normalized spacial score (nSPS) is 11.1. The molecule has 2 rings (SSSR count). The summed E-state index contributed by atoms with van der Waals surface area (Å²) in [7, 11) is -4.40. The van der Waals surface area contributed by atoms with E-state index in [1.165, 1.54) is 44.6 Å². The summed E-state index contributed by atoms with van der Waals surface area (Å²) in [5.74, 6) is -0.0368. The quantitative estimate of drug-likeness (QED) is 0.335. The zero-order chi connectivity index (χ0) is 19.7. The number of hydrogen-bond donors (Lipinski definition) is 1. The molecule has 0 aliphatic rings. The third kappa shape index (κ3) is 8.94. The molecule has 0 saturated carbocycles. The smallest absolute Gasteiger partial charge is 0.870 e. The molecular formula is C21H27KO5S. The molecule has 28 heavy (non-hydrogen) atoms. The molecule has 0 atom stereocenters. The van der Waals surface area contributed by atoms with Crippen molar-refractivity contribution in [1.29, 1.82) is 0 Å². The van der Waals surface area contributed by atoms with Gasteiger partial charge in [-0.2, -0.15) is 8.42 Å². The van der Waals surface area contributed by atoms with E-state index in [-0.39, 0.29) is 57.1 Å². The number of unbranched alkanes of at least 4 members (excludes halogenated alkanes) is 6. The maximum Gasteiger partial charge on any atom is 1.00 e. The van der Waals surface area contributed by atoms with Crippen LogP contribution in [0.25, 0.3) is 0 Å². The van der Waals surface area contributed by atoms with Crippen LogP contribution in [0.15, 0.2) is 47.4 Å². The molecule has 0 saturated heterocycles. The molecule has 0 aliphatic carbocycles. The number of benzene rings is 2. The van der Waals surface area contributed by atoms with Gasteiger partial charge in [0.05, 0.1) is 4.90 Å². The van der Waals surface area contributed by atoms with Crippen molar-refractivity contribution in [1.82, 2.24) is 0 Å². The van der Waals surface area contributed by atoms with Gasteiger partial charge in [-0.05, 0) is 48.7 Å². The first kappa shape index (κ1) is 25.6. The Morgan fingerprint density at radius 3 is 2.29 bits per heavy atom. The van der Waals surface area contributed by atoms with Gasteiger partial charge in [0.25, 0.3) is 10.1 Å². The fourth-order valence-electron chi connectivity index (χ4n) is 2.91. The van der Waals surface area contributed by atoms with Crippen LogP contribution in [0.3, 0.4) is 0 Å². The molecule has 7 heteroatoms. The molecule has 0 heterocycles. The van der Waals surface area contributed by atoms with E-state index in [1.54, 1.807) is 6.07 Å². The molecule has 0 radical (unpaired) electrons. The van der Waals surface area contributed by atoms with Gasteiger partial charge in [0.1, 0.15) is 11.5 Å². The zero-order valence-corrected chi connectivity index (χ0v) is 20.6. The largest absolute Gasteiger partial charge is 1.00 e. The second-order valence-electron chi connectivity index (χ2n) is 6.70. The third-order valence-corrected chi connectivity index (χ3v) is 5.26. The van der Waals surface area contributed by atoms with Crippen molar-refractivity contribution in [2.75, 3.05) is 0 Å². The van der Waals surface area contributed by atoms with Crippen LogP contribution in [0.1, 0.15) is 57.4 Å². The topological polar surface area (TPSA) is 86.7 Å². The summed E-state index contributed by atoms with van der Waals surface area (Å²) in [5, 5.41) is 12.0. The first-order valence-electron chi connectivity index (χ1n) is 9.45. The van der Waals surface area contributed by atoms with Gasteiger partial charge >= 0.3 is 51.4 Å². The van der Waals surface area contributed by atoms with Gasteiger partial charge in [-0.1, -0.05) is 63.3 Å². The molecular weight excluding hydrogens is 403 g/mol. The van der Waals surface area contributed by atoms with Gasteiger partial charge in [0, 0.05) is 0 Å². The number of ether oxygens (including phenoxy) is 1. The fourth-order valence-corrected chi connectivity index (χ4v) is 3.41. The van der Waals surface area contributed by atoms with Gasteiger partial charge < -0.3 is 9.84 Å². The van der Waals surface area contributed by atoms with Crippen molar-refractivity contribution in [3.63, 3.8) is 0 Å². The van der Waals surface area contributed by atoms with E-state index in [0.29, 0.717) is 5.75 Å². The molecule has 0 aliphatic heterocycles. The van der Waals surface area contributed by atoms with Crippen LogP contribution in [0.4, 0.5) is 0 Å². The summed E-state index contributed by atoms with van der Waals surface area (Å²) >= 11 is 0. The summed E-state index contributed by atoms with van der Waals surface area (Å²) in [6, 6.07) is 10.8. The van der Waals surface area contributed by atoms with Crippen LogP contribution >= 0.6 is 0 Å². The predicted molar refractivity (Wildman–Crippen MR) is 104 cm³/mol. The van der Waals surface area contributed by atoms with Crippen molar-refractivity contribution in [2.45, 2.75) is 63.2 Å². The van der Waals surface area contributed by atoms with Crippen molar-refractivity contribution in [2.24, 2.45) is 0 Å². The second-order valence-corrected chi connectivity index (χ2v) is 8.13. The molecule has 2 aromatic rings. The Labute approximate surface area is 210 Å². The summed E-state index contributed by atoms with van der Waals surface area (Å²) in [6.07, 6.45) is 9.72. The van der Waals surface area contributed by atoms with Gasteiger partial charge in [-0.25, -0.2) is 0 Å². The molecule has 0 unspecified atom stereocenters.